The molecule has 0 aliphatic rings. The predicted octanol–water partition coefficient (Wildman–Crippen LogP) is 3.27. The van der Waals surface area contributed by atoms with Gasteiger partial charge in [-0.25, -0.2) is 0 Å². The van der Waals surface area contributed by atoms with Gasteiger partial charge in [-0.15, -0.1) is 0 Å². The summed E-state index contributed by atoms with van der Waals surface area (Å²) < 4.78 is 0. The third kappa shape index (κ3) is 16.8. The summed E-state index contributed by atoms with van der Waals surface area (Å²) in [5.74, 6) is -2.67. The van der Waals surface area contributed by atoms with Gasteiger partial charge in [0.05, 0.1) is 18.6 Å². The quantitative estimate of drug-likeness (QED) is 0.109. The summed E-state index contributed by atoms with van der Waals surface area (Å²) in [6, 6.07) is 2.81. The lowest BCUT2D eigenvalue weighted by Crippen LogP contribution is -2.57. The van der Waals surface area contributed by atoms with E-state index in [4.69, 9.17) is 0 Å². The minimum absolute atomic E-state index is 0. The minimum Gasteiger partial charge on any atom is -0.390 e. The lowest BCUT2D eigenvalue weighted by Gasteiger charge is -2.29. The van der Waals surface area contributed by atoms with Crippen molar-refractivity contribution in [1.82, 2.24) is 26.6 Å². The van der Waals surface area contributed by atoms with Crippen LogP contribution in [-0.4, -0.2) is 77.4 Å². The van der Waals surface area contributed by atoms with Crippen molar-refractivity contribution in [3.05, 3.63) is 29.8 Å². The summed E-state index contributed by atoms with van der Waals surface area (Å²) in [4.78, 5) is 76.8. The monoisotopic (exact) mass is 690 g/mol. The van der Waals surface area contributed by atoms with E-state index in [0.29, 0.717) is 43.5 Å². The lowest BCUT2D eigenvalue weighted by atomic mass is 9.95. The zero-order valence-corrected chi connectivity index (χ0v) is 30.1. The molecule has 0 heterocycles. The van der Waals surface area contributed by atoms with Gasteiger partial charge in [-0.2, -0.15) is 0 Å². The number of nitrogens with one attached hydrogen (secondary N) is 6. The average molecular weight is 691 g/mol. The number of amides is 6. The number of carbonyl (C=O) groups excluding carboxylic acids is 6. The van der Waals surface area contributed by atoms with Crippen LogP contribution in [0.5, 0.6) is 0 Å². The number of likely N-dealkylation sites (N-methyl/N-ethyl adjacent to an activating group) is 1. The molecular formula is C36H62N6O7. The van der Waals surface area contributed by atoms with Gasteiger partial charge in [-0.05, 0) is 68.2 Å². The Hall–Kier alpha value is -4.00. The van der Waals surface area contributed by atoms with Crippen molar-refractivity contribution in [2.24, 2.45) is 17.8 Å². The van der Waals surface area contributed by atoms with Crippen LogP contribution < -0.4 is 31.9 Å². The SMILES string of the molecule is C.CCC[C@H](NC(=O)[C@H](CC(C)C)NC(=O)c1ccc(NC(C)=O)cc1)C(=O)N[C@@H](CC(C)C)[C@@H](O)CC(=O)N[C@H](C(=O)NCC)C(C)C. The Kier molecular flexibility index (Phi) is 20.8. The minimum atomic E-state index is -1.25. The topological polar surface area (TPSA) is 195 Å². The highest BCUT2D eigenvalue weighted by Gasteiger charge is 2.32. The second kappa shape index (κ2) is 22.6. The Balaban J connectivity index is 0.0000230. The second-order valence-electron chi connectivity index (χ2n) is 13.5. The Bertz CT molecular complexity index is 1220. The molecule has 6 amide bonds. The fourth-order valence-electron chi connectivity index (χ4n) is 5.17. The number of aliphatic hydroxyl groups excluding tert-OH is 1. The first-order valence-corrected chi connectivity index (χ1v) is 17.0. The van der Waals surface area contributed by atoms with Crippen LogP contribution in [-0.2, 0) is 24.0 Å². The molecule has 0 radical (unpaired) electrons. The smallest absolute Gasteiger partial charge is 0.251 e. The Morgan fingerprint density at radius 1 is 0.735 bits per heavy atom. The number of hydrogen-bond donors (Lipinski definition) is 7. The van der Waals surface area contributed by atoms with Crippen LogP contribution in [0, 0.1) is 17.8 Å². The summed E-state index contributed by atoms with van der Waals surface area (Å²) in [7, 11) is 0. The van der Waals surface area contributed by atoms with E-state index in [1.807, 2.05) is 48.5 Å². The molecule has 0 saturated heterocycles. The van der Waals surface area contributed by atoms with Crippen LogP contribution in [0.2, 0.25) is 0 Å². The van der Waals surface area contributed by atoms with Crippen molar-refractivity contribution in [3.8, 4) is 0 Å². The Morgan fingerprint density at radius 3 is 1.80 bits per heavy atom. The van der Waals surface area contributed by atoms with Crippen molar-refractivity contribution in [2.45, 2.75) is 132 Å². The van der Waals surface area contributed by atoms with Crippen molar-refractivity contribution in [3.63, 3.8) is 0 Å². The molecule has 1 aromatic carbocycles. The molecular weight excluding hydrogens is 628 g/mol. The molecule has 13 heteroatoms. The molecule has 49 heavy (non-hydrogen) atoms. The maximum atomic E-state index is 13.6. The molecule has 1 rings (SSSR count). The van der Waals surface area contributed by atoms with Gasteiger partial charge in [-0.3, -0.25) is 28.8 Å². The van der Waals surface area contributed by atoms with Gasteiger partial charge in [0.1, 0.15) is 18.1 Å². The van der Waals surface area contributed by atoms with Gasteiger partial charge in [0, 0.05) is 24.7 Å². The molecule has 1 aromatic rings. The zero-order chi connectivity index (χ0) is 36.6. The molecule has 5 atom stereocenters. The fraction of sp³-hybridized carbons (Fsp3) is 0.667. The first-order valence-electron chi connectivity index (χ1n) is 17.0. The summed E-state index contributed by atoms with van der Waals surface area (Å²) >= 11 is 0. The van der Waals surface area contributed by atoms with Crippen molar-refractivity contribution < 1.29 is 33.9 Å². The molecule has 0 aliphatic carbocycles. The summed E-state index contributed by atoms with van der Waals surface area (Å²) in [6.07, 6.45) is -0.0294. The average Bonchev–Trinajstić information content (AvgIpc) is 2.98. The van der Waals surface area contributed by atoms with Gasteiger partial charge in [-0.1, -0.05) is 62.3 Å². The second-order valence-corrected chi connectivity index (χ2v) is 13.5. The molecule has 0 bridgehead atoms. The molecule has 0 aromatic heterocycles. The van der Waals surface area contributed by atoms with E-state index >= 15 is 0 Å². The molecule has 278 valence electrons. The molecule has 13 nitrogen and oxygen atoms in total. The number of carbonyl (C=O) groups is 6. The number of rotatable bonds is 20. The normalized spacial score (nSPS) is 14.1. The summed E-state index contributed by atoms with van der Waals surface area (Å²) in [5, 5.41) is 27.5. The van der Waals surface area contributed by atoms with Gasteiger partial charge < -0.3 is 37.0 Å². The van der Waals surface area contributed by atoms with Crippen LogP contribution in [0.1, 0.15) is 112 Å². The van der Waals surface area contributed by atoms with E-state index in [-0.39, 0.29) is 43.4 Å². The number of benzene rings is 1. The molecule has 0 aliphatic heterocycles. The van der Waals surface area contributed by atoms with Crippen molar-refractivity contribution >= 4 is 41.1 Å². The highest BCUT2D eigenvalue weighted by Crippen LogP contribution is 2.15. The highest BCUT2D eigenvalue weighted by atomic mass is 16.3. The zero-order valence-electron chi connectivity index (χ0n) is 30.1. The molecule has 0 unspecified atom stereocenters. The van der Waals surface area contributed by atoms with E-state index in [2.05, 4.69) is 31.9 Å². The van der Waals surface area contributed by atoms with E-state index < -0.39 is 53.9 Å². The first kappa shape index (κ1) is 45.0. The standard InChI is InChI=1S/C35H58N6O7.CH4/c1-10-12-26(38-34(47)28(18-21(5)6)40-32(45)24-13-15-25(16-14-24)37-23(9)42)33(46)39-27(17-20(3)4)29(43)19-30(44)41-31(22(7)8)35(48)36-11-2;/h13-16,20-22,26-29,31,43H,10-12,17-19H2,1-9H3,(H,36,48)(H,37,42)(H,38,47)(H,39,46)(H,40,45)(H,41,44);1H4/t26-,27-,28-,29-,31-;/m0./s1. The molecule has 0 spiro atoms. The lowest BCUT2D eigenvalue weighted by molar-refractivity contribution is -0.132. The Morgan fingerprint density at radius 2 is 1.31 bits per heavy atom. The Labute approximate surface area is 292 Å². The van der Waals surface area contributed by atoms with Crippen LogP contribution >= 0.6 is 0 Å². The maximum Gasteiger partial charge on any atom is 0.251 e. The third-order valence-electron chi connectivity index (χ3n) is 7.54. The highest BCUT2D eigenvalue weighted by molar-refractivity contribution is 5.99. The van der Waals surface area contributed by atoms with E-state index in [1.165, 1.54) is 6.92 Å². The predicted molar refractivity (Wildman–Crippen MR) is 192 cm³/mol. The van der Waals surface area contributed by atoms with Crippen LogP contribution in [0.25, 0.3) is 0 Å². The van der Waals surface area contributed by atoms with Crippen LogP contribution in [0.15, 0.2) is 24.3 Å². The largest absolute Gasteiger partial charge is 0.390 e. The van der Waals surface area contributed by atoms with Gasteiger partial charge in [0.25, 0.3) is 5.91 Å². The van der Waals surface area contributed by atoms with Crippen molar-refractivity contribution in [1.29, 1.82) is 0 Å². The first-order chi connectivity index (χ1) is 22.5. The summed E-state index contributed by atoms with van der Waals surface area (Å²) in [6.45, 7) is 16.7. The van der Waals surface area contributed by atoms with E-state index in [1.54, 1.807) is 31.2 Å². The van der Waals surface area contributed by atoms with Crippen LogP contribution in [0.3, 0.4) is 0 Å². The van der Waals surface area contributed by atoms with Gasteiger partial charge >= 0.3 is 0 Å². The van der Waals surface area contributed by atoms with Crippen LogP contribution in [0.4, 0.5) is 5.69 Å². The van der Waals surface area contributed by atoms with E-state index in [9.17, 15) is 33.9 Å². The third-order valence-corrected chi connectivity index (χ3v) is 7.54. The number of aliphatic hydroxyl groups is 1. The maximum absolute atomic E-state index is 13.6. The molecule has 0 saturated carbocycles. The van der Waals surface area contributed by atoms with E-state index in [0.717, 1.165) is 0 Å². The molecule has 7 N–H and O–H groups in total. The summed E-state index contributed by atoms with van der Waals surface area (Å²) in [5.41, 5.74) is 0.832. The van der Waals surface area contributed by atoms with Gasteiger partial charge in [0.2, 0.25) is 29.5 Å². The number of anilines is 1. The fourth-order valence-corrected chi connectivity index (χ4v) is 5.17. The number of hydrogen-bond acceptors (Lipinski definition) is 7. The van der Waals surface area contributed by atoms with Crippen molar-refractivity contribution in [2.75, 3.05) is 11.9 Å². The molecule has 0 fully saturated rings. The van der Waals surface area contributed by atoms with Gasteiger partial charge in [0.15, 0.2) is 0 Å².